The number of nitrogens with one attached hydrogen (secondary N) is 2. The van der Waals surface area contributed by atoms with E-state index in [9.17, 15) is 24.3 Å². The predicted molar refractivity (Wildman–Crippen MR) is 94.6 cm³/mol. The fourth-order valence-electron chi connectivity index (χ4n) is 2.20. The molecular formula is C18H24N2O7. The molecule has 27 heavy (non-hydrogen) atoms. The maximum Gasteiger partial charge on any atom is 0.407 e. The fourth-order valence-corrected chi connectivity index (χ4v) is 2.20. The number of esters is 1. The van der Waals surface area contributed by atoms with Crippen LogP contribution in [0, 0.1) is 5.92 Å². The van der Waals surface area contributed by atoms with Gasteiger partial charge in [0.15, 0.2) is 0 Å². The van der Waals surface area contributed by atoms with E-state index in [1.54, 1.807) is 31.2 Å². The molecule has 0 saturated heterocycles. The Morgan fingerprint density at radius 3 is 2.37 bits per heavy atom. The summed E-state index contributed by atoms with van der Waals surface area (Å²) in [6.45, 7) is 2.93. The third-order valence-corrected chi connectivity index (χ3v) is 3.55. The third-order valence-electron chi connectivity index (χ3n) is 3.55. The number of amides is 2. The first-order valence-corrected chi connectivity index (χ1v) is 8.45. The van der Waals surface area contributed by atoms with Crippen LogP contribution in [0.25, 0.3) is 0 Å². The van der Waals surface area contributed by atoms with Gasteiger partial charge in [0, 0.05) is 0 Å². The van der Waals surface area contributed by atoms with Gasteiger partial charge in [-0.3, -0.25) is 9.59 Å². The van der Waals surface area contributed by atoms with E-state index in [0.29, 0.717) is 0 Å². The summed E-state index contributed by atoms with van der Waals surface area (Å²) in [7, 11) is 0. The van der Waals surface area contributed by atoms with Gasteiger partial charge in [0.2, 0.25) is 5.91 Å². The molecule has 0 heterocycles. The Morgan fingerprint density at radius 2 is 1.78 bits per heavy atom. The van der Waals surface area contributed by atoms with Gasteiger partial charge in [-0.15, -0.1) is 0 Å². The van der Waals surface area contributed by atoms with Gasteiger partial charge in [-0.1, -0.05) is 37.3 Å². The molecule has 9 nitrogen and oxygen atoms in total. The lowest BCUT2D eigenvalue weighted by molar-refractivity contribution is -0.147. The first-order chi connectivity index (χ1) is 12.8. The van der Waals surface area contributed by atoms with Crippen molar-refractivity contribution in [1.82, 2.24) is 10.6 Å². The molecule has 2 amide bonds. The first kappa shape index (κ1) is 21.9. The number of carbonyl (C=O) groups excluding carboxylic acids is 3. The summed E-state index contributed by atoms with van der Waals surface area (Å²) < 4.78 is 9.72. The highest BCUT2D eigenvalue weighted by atomic mass is 16.5. The van der Waals surface area contributed by atoms with Gasteiger partial charge in [0.25, 0.3) is 0 Å². The number of carbonyl (C=O) groups is 4. The van der Waals surface area contributed by atoms with Gasteiger partial charge < -0.3 is 25.2 Å². The number of rotatable bonds is 10. The summed E-state index contributed by atoms with van der Waals surface area (Å²) >= 11 is 0. The molecule has 0 bridgehead atoms. The van der Waals surface area contributed by atoms with Crippen molar-refractivity contribution < 1.29 is 33.8 Å². The van der Waals surface area contributed by atoms with Gasteiger partial charge in [-0.05, 0) is 18.4 Å². The molecule has 2 atom stereocenters. The van der Waals surface area contributed by atoms with Gasteiger partial charge in [0.1, 0.15) is 19.2 Å². The SMILES string of the molecule is CCOC(=O)C[C@@H](C)[C@H](NC(=O)CNC(=O)OCc1ccccc1)C(=O)O. The minimum Gasteiger partial charge on any atom is -0.480 e. The smallest absolute Gasteiger partial charge is 0.407 e. The Bertz CT molecular complexity index is 648. The second-order valence-electron chi connectivity index (χ2n) is 5.79. The molecule has 0 aliphatic carbocycles. The summed E-state index contributed by atoms with van der Waals surface area (Å²) in [6.07, 6.45) is -0.960. The molecule has 1 aromatic carbocycles. The molecule has 0 aliphatic rings. The normalized spacial score (nSPS) is 12.4. The van der Waals surface area contributed by atoms with E-state index in [1.165, 1.54) is 6.92 Å². The van der Waals surface area contributed by atoms with E-state index < -0.39 is 42.4 Å². The van der Waals surface area contributed by atoms with Gasteiger partial charge in [-0.2, -0.15) is 0 Å². The summed E-state index contributed by atoms with van der Waals surface area (Å²) in [5, 5.41) is 13.8. The van der Waals surface area contributed by atoms with Crippen LogP contribution < -0.4 is 10.6 Å². The maximum absolute atomic E-state index is 11.9. The molecule has 0 spiro atoms. The Balaban J connectivity index is 2.41. The van der Waals surface area contributed by atoms with Crippen LogP contribution in [0.4, 0.5) is 4.79 Å². The van der Waals surface area contributed by atoms with Crippen LogP contribution in [-0.2, 0) is 30.5 Å². The maximum atomic E-state index is 11.9. The monoisotopic (exact) mass is 380 g/mol. The highest BCUT2D eigenvalue weighted by Gasteiger charge is 2.28. The Morgan fingerprint density at radius 1 is 1.11 bits per heavy atom. The number of carboxylic acids is 1. The molecule has 1 aromatic rings. The number of aliphatic carboxylic acids is 1. The molecule has 0 saturated carbocycles. The number of hydrogen-bond acceptors (Lipinski definition) is 6. The number of alkyl carbamates (subject to hydrolysis) is 1. The number of benzene rings is 1. The van der Waals surface area contributed by atoms with E-state index >= 15 is 0 Å². The molecule has 0 unspecified atom stereocenters. The quantitative estimate of drug-likeness (QED) is 0.517. The van der Waals surface area contributed by atoms with Crippen molar-refractivity contribution in [1.29, 1.82) is 0 Å². The van der Waals surface area contributed by atoms with Crippen molar-refractivity contribution in [3.8, 4) is 0 Å². The lowest BCUT2D eigenvalue weighted by atomic mass is 9.98. The second-order valence-corrected chi connectivity index (χ2v) is 5.79. The van der Waals surface area contributed by atoms with Crippen LogP contribution in [0.2, 0.25) is 0 Å². The zero-order valence-corrected chi connectivity index (χ0v) is 15.3. The molecule has 1 rings (SSSR count). The highest BCUT2D eigenvalue weighted by molar-refractivity contribution is 5.87. The highest BCUT2D eigenvalue weighted by Crippen LogP contribution is 2.10. The van der Waals surface area contributed by atoms with Crippen molar-refractivity contribution in [3.63, 3.8) is 0 Å². The molecular weight excluding hydrogens is 356 g/mol. The summed E-state index contributed by atoms with van der Waals surface area (Å²) in [4.78, 5) is 46.3. The number of hydrogen-bond donors (Lipinski definition) is 3. The predicted octanol–water partition coefficient (Wildman–Crippen LogP) is 1.07. The van der Waals surface area contributed by atoms with Gasteiger partial charge >= 0.3 is 18.0 Å². The van der Waals surface area contributed by atoms with E-state index in [1.807, 2.05) is 6.07 Å². The van der Waals surface area contributed by atoms with Crippen LogP contribution in [0.1, 0.15) is 25.8 Å². The summed E-state index contributed by atoms with van der Waals surface area (Å²) in [5.41, 5.74) is 0.788. The average molecular weight is 380 g/mol. The first-order valence-electron chi connectivity index (χ1n) is 8.45. The van der Waals surface area contributed by atoms with E-state index in [2.05, 4.69) is 10.6 Å². The van der Waals surface area contributed by atoms with E-state index in [-0.39, 0.29) is 19.6 Å². The topological polar surface area (TPSA) is 131 Å². The van der Waals surface area contributed by atoms with Crippen LogP contribution in [0.15, 0.2) is 30.3 Å². The van der Waals surface area contributed by atoms with E-state index in [0.717, 1.165) is 5.56 Å². The van der Waals surface area contributed by atoms with Crippen molar-refractivity contribution in [3.05, 3.63) is 35.9 Å². The molecule has 148 valence electrons. The minimum atomic E-state index is -1.29. The van der Waals surface area contributed by atoms with Crippen molar-refractivity contribution in [2.45, 2.75) is 32.9 Å². The third kappa shape index (κ3) is 8.70. The van der Waals surface area contributed by atoms with E-state index in [4.69, 9.17) is 9.47 Å². The Kier molecular flexibility index (Phi) is 9.35. The minimum absolute atomic E-state index is 0.0443. The largest absolute Gasteiger partial charge is 0.480 e. The molecule has 0 aliphatic heterocycles. The van der Waals surface area contributed by atoms with Gasteiger partial charge in [-0.25, -0.2) is 9.59 Å². The summed E-state index contributed by atoms with van der Waals surface area (Å²) in [6, 6.07) is 7.70. The average Bonchev–Trinajstić information content (AvgIpc) is 2.63. The Hall–Kier alpha value is -3.10. The zero-order chi connectivity index (χ0) is 20.2. The van der Waals surface area contributed by atoms with Crippen LogP contribution in [0.3, 0.4) is 0 Å². The Labute approximate surface area is 157 Å². The molecule has 0 fully saturated rings. The lowest BCUT2D eigenvalue weighted by Gasteiger charge is -2.20. The summed E-state index contributed by atoms with van der Waals surface area (Å²) in [5.74, 6) is -3.23. The molecule has 0 aromatic heterocycles. The van der Waals surface area contributed by atoms with Crippen LogP contribution in [0.5, 0.6) is 0 Å². The standard InChI is InChI=1S/C18H24N2O7/c1-3-26-15(22)9-12(2)16(17(23)24)20-14(21)10-19-18(25)27-11-13-7-5-4-6-8-13/h4-8,12,16H,3,9-11H2,1-2H3,(H,19,25)(H,20,21)(H,23,24)/t12-,16+/m1/s1. The number of carboxylic acid groups (broad SMARTS) is 1. The van der Waals surface area contributed by atoms with Crippen LogP contribution >= 0.6 is 0 Å². The fraction of sp³-hybridized carbons (Fsp3) is 0.444. The molecule has 3 N–H and O–H groups in total. The van der Waals surface area contributed by atoms with Crippen molar-refractivity contribution >= 4 is 23.9 Å². The number of ether oxygens (including phenoxy) is 2. The molecule has 0 radical (unpaired) electrons. The second kappa shape index (κ2) is 11.5. The lowest BCUT2D eigenvalue weighted by Crippen LogP contribution is -2.49. The van der Waals surface area contributed by atoms with Crippen molar-refractivity contribution in [2.75, 3.05) is 13.2 Å². The zero-order valence-electron chi connectivity index (χ0n) is 15.3. The van der Waals surface area contributed by atoms with Gasteiger partial charge in [0.05, 0.1) is 13.0 Å². The molecule has 9 heteroatoms. The van der Waals surface area contributed by atoms with Crippen molar-refractivity contribution in [2.24, 2.45) is 5.92 Å². The van der Waals surface area contributed by atoms with Crippen LogP contribution in [-0.4, -0.2) is 48.2 Å².